The summed E-state index contributed by atoms with van der Waals surface area (Å²) in [6.07, 6.45) is 8.35. The lowest BCUT2D eigenvalue weighted by Gasteiger charge is -2.27. The Morgan fingerprint density at radius 1 is 1.00 bits per heavy atom. The van der Waals surface area contributed by atoms with Crippen LogP contribution in [0.1, 0.15) is 29.5 Å². The summed E-state index contributed by atoms with van der Waals surface area (Å²) in [5, 5.41) is 6.54. The Bertz CT molecular complexity index is 1090. The zero-order valence-corrected chi connectivity index (χ0v) is 17.5. The lowest BCUT2D eigenvalue weighted by molar-refractivity contribution is -0.115. The highest BCUT2D eigenvalue weighted by Crippen LogP contribution is 2.34. The van der Waals surface area contributed by atoms with E-state index in [9.17, 15) is 4.79 Å². The molecule has 2 N–H and O–H groups in total. The molecule has 1 amide bonds. The molecule has 0 fully saturated rings. The van der Waals surface area contributed by atoms with Crippen LogP contribution >= 0.6 is 0 Å². The number of amides is 1. The van der Waals surface area contributed by atoms with Crippen molar-refractivity contribution in [1.82, 2.24) is 15.5 Å². The summed E-state index contributed by atoms with van der Waals surface area (Å²) in [4.78, 5) is 18.8. The maximum atomic E-state index is 11.9. The van der Waals surface area contributed by atoms with Crippen molar-refractivity contribution in [2.75, 3.05) is 13.1 Å². The first-order valence-electron chi connectivity index (χ1n) is 10.9. The van der Waals surface area contributed by atoms with Crippen molar-refractivity contribution in [3.63, 3.8) is 0 Å². The second kappa shape index (κ2) is 8.74. The first kappa shape index (κ1) is 19.5. The van der Waals surface area contributed by atoms with Crippen LogP contribution in [0.4, 0.5) is 0 Å². The highest BCUT2D eigenvalue weighted by Gasteiger charge is 2.32. The fourth-order valence-electron chi connectivity index (χ4n) is 4.32. The number of carbonyl (C=O) groups excluding carboxylic acids is 1. The van der Waals surface area contributed by atoms with Crippen LogP contribution in [0.15, 0.2) is 94.9 Å². The summed E-state index contributed by atoms with van der Waals surface area (Å²) < 4.78 is 0. The summed E-state index contributed by atoms with van der Waals surface area (Å²) in [5.74, 6) is 0.877. The minimum absolute atomic E-state index is 0.0678. The van der Waals surface area contributed by atoms with Crippen LogP contribution < -0.4 is 10.6 Å². The van der Waals surface area contributed by atoms with Crippen LogP contribution in [0.3, 0.4) is 0 Å². The molecule has 0 unspecified atom stereocenters. The Morgan fingerprint density at radius 3 is 2.68 bits per heavy atom. The first-order valence-corrected chi connectivity index (χ1v) is 10.9. The van der Waals surface area contributed by atoms with Crippen molar-refractivity contribution in [2.45, 2.75) is 25.8 Å². The molecule has 31 heavy (non-hydrogen) atoms. The lowest BCUT2D eigenvalue weighted by atomic mass is 10.1. The minimum Gasteiger partial charge on any atom is -0.324 e. The zero-order valence-electron chi connectivity index (χ0n) is 17.5. The number of hydrogen-bond donors (Lipinski definition) is 2. The van der Waals surface area contributed by atoms with Gasteiger partial charge < -0.3 is 15.5 Å². The van der Waals surface area contributed by atoms with Crippen LogP contribution in [0.2, 0.25) is 0 Å². The highest BCUT2D eigenvalue weighted by molar-refractivity contribution is 6.02. The number of carbonyl (C=O) groups is 1. The summed E-state index contributed by atoms with van der Waals surface area (Å²) >= 11 is 0. The quantitative estimate of drug-likeness (QED) is 0.685. The molecule has 156 valence electrons. The number of benzene rings is 2. The lowest BCUT2D eigenvalue weighted by Crippen LogP contribution is -2.31. The largest absolute Gasteiger partial charge is 0.324 e. The minimum atomic E-state index is -0.0678. The predicted molar refractivity (Wildman–Crippen MR) is 123 cm³/mol. The van der Waals surface area contributed by atoms with Crippen molar-refractivity contribution in [1.29, 1.82) is 0 Å². The van der Waals surface area contributed by atoms with Gasteiger partial charge in [-0.15, -0.1) is 0 Å². The number of aryl methyl sites for hydroxylation is 1. The molecule has 0 saturated heterocycles. The number of amidine groups is 1. The molecule has 5 heteroatoms. The van der Waals surface area contributed by atoms with E-state index in [1.54, 1.807) is 6.08 Å². The summed E-state index contributed by atoms with van der Waals surface area (Å²) in [7, 11) is 0. The van der Waals surface area contributed by atoms with Gasteiger partial charge in [0.2, 0.25) is 5.91 Å². The van der Waals surface area contributed by atoms with Gasteiger partial charge in [-0.1, -0.05) is 54.6 Å². The summed E-state index contributed by atoms with van der Waals surface area (Å²) in [6, 6.07) is 19.2. The van der Waals surface area contributed by atoms with Crippen molar-refractivity contribution >= 4 is 11.7 Å². The van der Waals surface area contributed by atoms with Crippen LogP contribution in [0, 0.1) is 0 Å². The van der Waals surface area contributed by atoms with E-state index in [1.807, 2.05) is 12.3 Å². The van der Waals surface area contributed by atoms with E-state index < -0.39 is 0 Å². The second-order valence-electron chi connectivity index (χ2n) is 8.05. The average molecular weight is 411 g/mol. The molecule has 2 aromatic carbocycles. The molecule has 0 radical (unpaired) electrons. The van der Waals surface area contributed by atoms with Gasteiger partial charge >= 0.3 is 0 Å². The Kier molecular flexibility index (Phi) is 5.50. The number of allylic oxidation sites excluding steroid dienone is 1. The molecule has 0 spiro atoms. The second-order valence-corrected chi connectivity index (χ2v) is 8.05. The van der Waals surface area contributed by atoms with Gasteiger partial charge in [0, 0.05) is 48.6 Å². The van der Waals surface area contributed by atoms with Crippen molar-refractivity contribution in [3.8, 4) is 0 Å². The number of nitrogens with one attached hydrogen (secondary N) is 2. The average Bonchev–Trinajstić information content (AvgIpc) is 3.14. The van der Waals surface area contributed by atoms with E-state index in [-0.39, 0.29) is 5.91 Å². The van der Waals surface area contributed by atoms with Gasteiger partial charge in [0.1, 0.15) is 5.84 Å². The normalized spacial score (nSPS) is 17.2. The third kappa shape index (κ3) is 4.23. The van der Waals surface area contributed by atoms with Gasteiger partial charge in [-0.3, -0.25) is 4.79 Å². The molecule has 2 aromatic rings. The van der Waals surface area contributed by atoms with Gasteiger partial charge in [0.25, 0.3) is 0 Å². The molecule has 0 atom stereocenters. The molecule has 3 aliphatic heterocycles. The van der Waals surface area contributed by atoms with E-state index in [1.165, 1.54) is 11.1 Å². The number of aliphatic imine (C=N–C) groups is 1. The molecular weight excluding hydrogens is 384 g/mol. The van der Waals surface area contributed by atoms with E-state index in [0.29, 0.717) is 0 Å². The predicted octanol–water partition coefficient (Wildman–Crippen LogP) is 3.66. The molecule has 3 aliphatic rings. The monoisotopic (exact) mass is 410 g/mol. The van der Waals surface area contributed by atoms with Crippen LogP contribution in [-0.2, 0) is 17.8 Å². The van der Waals surface area contributed by atoms with Gasteiger partial charge in [-0.25, -0.2) is 4.99 Å². The standard InChI is InChI=1S/C26H26N4O/c31-24-13-12-22-18-28-26(30-16-14-23(29-24)25(22)30)21-10-8-20(9-11-21)17-27-15-4-7-19-5-2-1-3-6-19/h1-3,5-6,8-13,18,27H,4,7,14-17H2,(H,29,31). The van der Waals surface area contributed by atoms with Gasteiger partial charge in [0.05, 0.1) is 5.70 Å². The van der Waals surface area contributed by atoms with Crippen LogP contribution in [0.25, 0.3) is 0 Å². The number of nitrogens with zero attached hydrogens (tertiary/aromatic N) is 2. The Hall–Kier alpha value is -3.44. The van der Waals surface area contributed by atoms with Gasteiger partial charge in [0.15, 0.2) is 0 Å². The summed E-state index contributed by atoms with van der Waals surface area (Å²) in [6.45, 7) is 2.70. The maximum absolute atomic E-state index is 11.9. The number of rotatable bonds is 7. The molecule has 0 bridgehead atoms. The van der Waals surface area contributed by atoms with Crippen LogP contribution in [0.5, 0.6) is 0 Å². The smallest absolute Gasteiger partial charge is 0.248 e. The first-order chi connectivity index (χ1) is 15.3. The third-order valence-corrected chi connectivity index (χ3v) is 5.89. The third-order valence-electron chi connectivity index (χ3n) is 5.89. The molecule has 0 saturated carbocycles. The Labute approximate surface area is 182 Å². The SMILES string of the molecule is O=C1C=CC2=CN=C(c3ccc(CNCCCc4ccccc4)cc3)N3CCC(=C23)N1. The molecule has 3 heterocycles. The Morgan fingerprint density at radius 2 is 1.84 bits per heavy atom. The van der Waals surface area contributed by atoms with E-state index in [0.717, 1.165) is 67.3 Å². The topological polar surface area (TPSA) is 56.7 Å². The van der Waals surface area contributed by atoms with Crippen molar-refractivity contribution < 1.29 is 4.79 Å². The fourth-order valence-corrected chi connectivity index (χ4v) is 4.32. The number of hydrogen-bond acceptors (Lipinski definition) is 4. The van der Waals surface area contributed by atoms with Gasteiger partial charge in [-0.2, -0.15) is 0 Å². The maximum Gasteiger partial charge on any atom is 0.248 e. The van der Waals surface area contributed by atoms with E-state index in [4.69, 9.17) is 4.99 Å². The molecule has 5 nitrogen and oxygen atoms in total. The zero-order chi connectivity index (χ0) is 21.0. The molecular formula is C26H26N4O. The van der Waals surface area contributed by atoms with Gasteiger partial charge in [-0.05, 0) is 36.6 Å². The van der Waals surface area contributed by atoms with E-state index in [2.05, 4.69) is 70.1 Å². The molecule has 0 aliphatic carbocycles. The summed E-state index contributed by atoms with van der Waals surface area (Å²) in [5.41, 5.74) is 6.81. The molecule has 5 rings (SSSR count). The highest BCUT2D eigenvalue weighted by atomic mass is 16.1. The van der Waals surface area contributed by atoms with Crippen molar-refractivity contribution in [3.05, 3.63) is 107 Å². The van der Waals surface area contributed by atoms with Crippen molar-refractivity contribution in [2.24, 2.45) is 4.99 Å². The Balaban J connectivity index is 1.20. The fraction of sp³-hybridized carbons (Fsp3) is 0.231. The van der Waals surface area contributed by atoms with Crippen LogP contribution in [-0.4, -0.2) is 29.7 Å². The van der Waals surface area contributed by atoms with E-state index >= 15 is 0 Å². The molecule has 0 aromatic heterocycles.